The minimum absolute atomic E-state index is 0.298. The highest BCUT2D eigenvalue weighted by molar-refractivity contribution is 6.08. The van der Waals surface area contributed by atoms with Gasteiger partial charge < -0.3 is 14.8 Å². The molecule has 6 nitrogen and oxygen atoms in total. The first-order chi connectivity index (χ1) is 11.1. The second-order valence-corrected chi connectivity index (χ2v) is 5.17. The van der Waals surface area contributed by atoms with Crippen molar-refractivity contribution in [3.05, 3.63) is 47.9 Å². The normalized spacial score (nSPS) is 12.3. The molecular formula is C17H17N3O3. The van der Waals surface area contributed by atoms with Crippen LogP contribution in [0.2, 0.25) is 0 Å². The molecule has 1 aromatic carbocycles. The first-order valence-corrected chi connectivity index (χ1v) is 7.39. The van der Waals surface area contributed by atoms with Gasteiger partial charge in [-0.1, -0.05) is 18.2 Å². The lowest BCUT2D eigenvalue weighted by Crippen LogP contribution is -2.04. The zero-order valence-corrected chi connectivity index (χ0v) is 12.9. The second-order valence-electron chi connectivity index (χ2n) is 5.17. The summed E-state index contributed by atoms with van der Waals surface area (Å²) in [5.74, 6) is -0.415. The highest BCUT2D eigenvalue weighted by Gasteiger charge is 2.19. The molecule has 0 aliphatic carbocycles. The quantitative estimate of drug-likeness (QED) is 0.723. The Labute approximate surface area is 133 Å². The molecule has 0 fully saturated rings. The third-order valence-corrected chi connectivity index (χ3v) is 3.61. The smallest absolute Gasteiger partial charge is 0.340 e. The van der Waals surface area contributed by atoms with Crippen molar-refractivity contribution in [3.8, 4) is 11.3 Å². The number of benzene rings is 1. The van der Waals surface area contributed by atoms with Crippen LogP contribution in [0.25, 0.3) is 22.3 Å². The predicted octanol–water partition coefficient (Wildman–Crippen LogP) is 2.85. The van der Waals surface area contributed by atoms with Crippen LogP contribution in [0.4, 0.5) is 0 Å². The predicted molar refractivity (Wildman–Crippen MR) is 85.9 cm³/mol. The van der Waals surface area contributed by atoms with E-state index in [4.69, 9.17) is 4.74 Å². The van der Waals surface area contributed by atoms with Crippen LogP contribution in [0, 0.1) is 0 Å². The van der Waals surface area contributed by atoms with Gasteiger partial charge >= 0.3 is 5.97 Å². The first kappa shape index (κ1) is 15.2. The van der Waals surface area contributed by atoms with Crippen LogP contribution in [0.15, 0.2) is 36.8 Å². The second kappa shape index (κ2) is 6.18. The van der Waals surface area contributed by atoms with Gasteiger partial charge in [0.05, 0.1) is 29.4 Å². The molecule has 0 radical (unpaired) electrons. The van der Waals surface area contributed by atoms with Crippen molar-refractivity contribution < 1.29 is 14.6 Å². The molecule has 0 spiro atoms. The van der Waals surface area contributed by atoms with Crippen molar-refractivity contribution in [2.24, 2.45) is 0 Å². The van der Waals surface area contributed by atoms with E-state index in [2.05, 4.69) is 15.0 Å². The standard InChI is InChI=1S/C17H17N3O3/c1-3-23-17(22)13-8-18-16-14(13)15(19-9-20-16)12-6-4-5-11(7-12)10(2)21/h4-10,21H,3H2,1-2H3,(H,18,19,20). The molecule has 3 aromatic rings. The van der Waals surface area contributed by atoms with Crippen LogP contribution >= 0.6 is 0 Å². The molecule has 23 heavy (non-hydrogen) atoms. The van der Waals surface area contributed by atoms with E-state index in [-0.39, 0.29) is 0 Å². The van der Waals surface area contributed by atoms with E-state index in [9.17, 15) is 9.90 Å². The van der Waals surface area contributed by atoms with Crippen LogP contribution in [0.3, 0.4) is 0 Å². The summed E-state index contributed by atoms with van der Waals surface area (Å²) in [6.45, 7) is 3.76. The number of hydrogen-bond donors (Lipinski definition) is 2. The Kier molecular flexibility index (Phi) is 4.08. The summed E-state index contributed by atoms with van der Waals surface area (Å²) in [4.78, 5) is 23.6. The van der Waals surface area contributed by atoms with Crippen molar-refractivity contribution in [1.82, 2.24) is 15.0 Å². The highest BCUT2D eigenvalue weighted by atomic mass is 16.5. The van der Waals surface area contributed by atoms with Gasteiger partial charge in [-0.05, 0) is 25.5 Å². The van der Waals surface area contributed by atoms with Crippen molar-refractivity contribution in [3.63, 3.8) is 0 Å². The van der Waals surface area contributed by atoms with Gasteiger partial charge in [0.25, 0.3) is 0 Å². The minimum atomic E-state index is -0.581. The Balaban J connectivity index is 2.19. The van der Waals surface area contributed by atoms with Crippen LogP contribution in [0.1, 0.15) is 35.9 Å². The molecule has 0 aliphatic rings. The van der Waals surface area contributed by atoms with E-state index < -0.39 is 12.1 Å². The van der Waals surface area contributed by atoms with Crippen molar-refractivity contribution in [2.45, 2.75) is 20.0 Å². The number of aliphatic hydroxyl groups is 1. The average Bonchev–Trinajstić information content (AvgIpc) is 2.99. The average molecular weight is 311 g/mol. The van der Waals surface area contributed by atoms with Crippen LogP contribution < -0.4 is 0 Å². The SMILES string of the molecule is CCOC(=O)c1c[nH]c2ncnc(-c3cccc(C(C)O)c3)c12. The number of rotatable bonds is 4. The summed E-state index contributed by atoms with van der Waals surface area (Å²) in [5.41, 5.74) is 3.19. The van der Waals surface area contributed by atoms with Crippen molar-refractivity contribution in [1.29, 1.82) is 0 Å². The summed E-state index contributed by atoms with van der Waals surface area (Å²) in [7, 11) is 0. The molecular weight excluding hydrogens is 294 g/mol. The number of fused-ring (bicyclic) bond motifs is 1. The van der Waals surface area contributed by atoms with Crippen LogP contribution in [-0.4, -0.2) is 32.6 Å². The van der Waals surface area contributed by atoms with E-state index in [1.54, 1.807) is 20.0 Å². The van der Waals surface area contributed by atoms with E-state index in [1.165, 1.54) is 6.33 Å². The molecule has 1 unspecified atom stereocenters. The van der Waals surface area contributed by atoms with Gasteiger partial charge in [-0.25, -0.2) is 14.8 Å². The molecule has 3 rings (SSSR count). The summed E-state index contributed by atoms with van der Waals surface area (Å²) >= 11 is 0. The number of aliphatic hydroxyl groups excluding tert-OH is 1. The van der Waals surface area contributed by atoms with E-state index >= 15 is 0 Å². The molecule has 0 bridgehead atoms. The van der Waals surface area contributed by atoms with E-state index in [0.29, 0.717) is 28.9 Å². The van der Waals surface area contributed by atoms with Gasteiger partial charge in [-0.2, -0.15) is 0 Å². The molecule has 2 N–H and O–H groups in total. The number of nitrogens with one attached hydrogen (secondary N) is 1. The Morgan fingerprint density at radius 2 is 2.22 bits per heavy atom. The fraction of sp³-hybridized carbons (Fsp3) is 0.235. The Bertz CT molecular complexity index is 855. The Morgan fingerprint density at radius 1 is 1.39 bits per heavy atom. The molecule has 2 aromatic heterocycles. The third kappa shape index (κ3) is 2.80. The molecule has 0 aliphatic heterocycles. The zero-order valence-electron chi connectivity index (χ0n) is 12.9. The summed E-state index contributed by atoms with van der Waals surface area (Å²) in [5, 5.41) is 10.4. The lowest BCUT2D eigenvalue weighted by molar-refractivity contribution is 0.0528. The molecule has 2 heterocycles. The molecule has 118 valence electrons. The molecule has 0 saturated heterocycles. The number of carbonyl (C=O) groups excluding carboxylic acids is 1. The topological polar surface area (TPSA) is 88.1 Å². The molecule has 0 amide bonds. The number of aromatic amines is 1. The largest absolute Gasteiger partial charge is 0.462 e. The maximum Gasteiger partial charge on any atom is 0.340 e. The van der Waals surface area contributed by atoms with Gasteiger partial charge in [-0.3, -0.25) is 0 Å². The lowest BCUT2D eigenvalue weighted by Gasteiger charge is -2.09. The maximum atomic E-state index is 12.1. The van der Waals surface area contributed by atoms with Crippen LogP contribution in [-0.2, 0) is 4.74 Å². The lowest BCUT2D eigenvalue weighted by atomic mass is 10.0. The van der Waals surface area contributed by atoms with Gasteiger partial charge in [0.1, 0.15) is 12.0 Å². The number of ether oxygens (including phenoxy) is 1. The van der Waals surface area contributed by atoms with Crippen molar-refractivity contribution >= 4 is 17.0 Å². The van der Waals surface area contributed by atoms with Gasteiger partial charge in [0, 0.05) is 11.8 Å². The third-order valence-electron chi connectivity index (χ3n) is 3.61. The Hall–Kier alpha value is -2.73. The highest BCUT2D eigenvalue weighted by Crippen LogP contribution is 2.30. The zero-order chi connectivity index (χ0) is 16.4. The fourth-order valence-corrected chi connectivity index (χ4v) is 2.50. The number of aromatic nitrogens is 3. The number of esters is 1. The number of carbonyl (C=O) groups is 1. The maximum absolute atomic E-state index is 12.1. The van der Waals surface area contributed by atoms with E-state index in [1.807, 2.05) is 24.3 Å². The van der Waals surface area contributed by atoms with Gasteiger partial charge in [0.15, 0.2) is 0 Å². The summed E-state index contributed by atoms with van der Waals surface area (Å²) in [6.07, 6.45) is 2.44. The number of H-pyrrole nitrogens is 1. The van der Waals surface area contributed by atoms with E-state index in [0.717, 1.165) is 11.1 Å². The molecule has 6 heteroatoms. The molecule has 0 saturated carbocycles. The van der Waals surface area contributed by atoms with Crippen LogP contribution in [0.5, 0.6) is 0 Å². The van der Waals surface area contributed by atoms with Gasteiger partial charge in [-0.15, -0.1) is 0 Å². The van der Waals surface area contributed by atoms with Crippen molar-refractivity contribution in [2.75, 3.05) is 6.61 Å². The summed E-state index contributed by atoms with van der Waals surface area (Å²) < 4.78 is 5.09. The minimum Gasteiger partial charge on any atom is -0.462 e. The Morgan fingerprint density at radius 3 is 2.96 bits per heavy atom. The monoisotopic (exact) mass is 311 g/mol. The molecule has 1 atom stereocenters. The van der Waals surface area contributed by atoms with Gasteiger partial charge in [0.2, 0.25) is 0 Å². The first-order valence-electron chi connectivity index (χ1n) is 7.39. The summed E-state index contributed by atoms with van der Waals surface area (Å²) in [6, 6.07) is 7.43. The fourth-order valence-electron chi connectivity index (χ4n) is 2.50. The number of hydrogen-bond acceptors (Lipinski definition) is 5. The number of nitrogens with zero attached hydrogens (tertiary/aromatic N) is 2.